The van der Waals surface area contributed by atoms with E-state index in [4.69, 9.17) is 27.9 Å². The van der Waals surface area contributed by atoms with Gasteiger partial charge in [0.05, 0.1) is 0 Å². The van der Waals surface area contributed by atoms with Crippen molar-refractivity contribution in [2.45, 2.75) is 20.5 Å². The largest absolute Gasteiger partial charge is 0.486 e. The van der Waals surface area contributed by atoms with Gasteiger partial charge < -0.3 is 15.4 Å². The third-order valence-electron chi connectivity index (χ3n) is 4.16. The Bertz CT molecular complexity index is 1060. The predicted octanol–water partition coefficient (Wildman–Crippen LogP) is 4.81. The maximum absolute atomic E-state index is 12.3. The lowest BCUT2D eigenvalue weighted by Crippen LogP contribution is -2.34. The lowest BCUT2D eigenvalue weighted by Gasteiger charge is -2.07. The zero-order chi connectivity index (χ0) is 22.4. The fraction of sp³-hybridized carbons (Fsp3) is 0.227. The molecule has 0 bridgehead atoms. The van der Waals surface area contributed by atoms with Crippen LogP contribution < -0.4 is 15.4 Å². The zero-order valence-electron chi connectivity index (χ0n) is 17.0. The highest BCUT2D eigenvalue weighted by Crippen LogP contribution is 2.20. The quantitative estimate of drug-likeness (QED) is 0.456. The molecule has 31 heavy (non-hydrogen) atoms. The third-order valence-corrected chi connectivity index (χ3v) is 5.42. The Morgan fingerprint density at radius 2 is 1.55 bits per heavy atom. The molecule has 1 aromatic heterocycles. The first-order valence-corrected chi connectivity index (χ1v) is 11.1. The van der Waals surface area contributed by atoms with Crippen LogP contribution in [0.15, 0.2) is 41.8 Å². The first kappa shape index (κ1) is 23.1. The first-order chi connectivity index (χ1) is 14.8. The number of hydrogen-bond donors (Lipinski definition) is 2. The molecule has 0 spiro atoms. The van der Waals surface area contributed by atoms with Crippen LogP contribution in [0.3, 0.4) is 0 Å². The number of aryl methyl sites for hydroxylation is 2. The number of thiazole rings is 1. The second-order valence-corrected chi connectivity index (χ2v) is 8.72. The molecule has 0 aliphatic carbocycles. The van der Waals surface area contributed by atoms with Crippen molar-refractivity contribution in [1.82, 2.24) is 15.6 Å². The smallest absolute Gasteiger partial charge is 0.270 e. The van der Waals surface area contributed by atoms with Gasteiger partial charge in [0, 0.05) is 34.1 Å². The van der Waals surface area contributed by atoms with Crippen molar-refractivity contribution in [2.24, 2.45) is 0 Å². The van der Waals surface area contributed by atoms with Gasteiger partial charge in [-0.25, -0.2) is 4.98 Å². The van der Waals surface area contributed by atoms with E-state index in [1.807, 2.05) is 26.0 Å². The molecular formula is C22H21Cl2N3O3S. The zero-order valence-corrected chi connectivity index (χ0v) is 19.3. The summed E-state index contributed by atoms with van der Waals surface area (Å²) in [6.45, 7) is 4.82. The lowest BCUT2D eigenvalue weighted by molar-refractivity contribution is 0.0925. The molecule has 2 N–H and O–H groups in total. The molecule has 0 saturated heterocycles. The molecule has 0 radical (unpaired) electrons. The summed E-state index contributed by atoms with van der Waals surface area (Å²) in [6.07, 6.45) is 0. The monoisotopic (exact) mass is 477 g/mol. The molecule has 0 fully saturated rings. The SMILES string of the molecule is Cc1cc(C)cc(OCc2nc(C(=O)NCCNC(=O)c3cc(Cl)cc(Cl)c3)cs2)c1. The first-order valence-electron chi connectivity index (χ1n) is 9.48. The molecule has 3 aromatic rings. The Morgan fingerprint density at radius 1 is 0.935 bits per heavy atom. The Hall–Kier alpha value is -2.61. The molecule has 0 atom stereocenters. The molecule has 1 heterocycles. The fourth-order valence-electron chi connectivity index (χ4n) is 2.87. The number of ether oxygens (including phenoxy) is 1. The van der Waals surface area contributed by atoms with Crippen LogP contribution in [0.25, 0.3) is 0 Å². The number of rotatable bonds is 8. The van der Waals surface area contributed by atoms with Crippen molar-refractivity contribution < 1.29 is 14.3 Å². The number of nitrogens with one attached hydrogen (secondary N) is 2. The molecule has 0 aliphatic heterocycles. The third kappa shape index (κ3) is 6.95. The molecule has 0 saturated carbocycles. The lowest BCUT2D eigenvalue weighted by atomic mass is 10.1. The van der Waals surface area contributed by atoms with Crippen molar-refractivity contribution in [3.05, 3.63) is 79.2 Å². The van der Waals surface area contributed by atoms with E-state index in [2.05, 4.69) is 21.7 Å². The van der Waals surface area contributed by atoms with Gasteiger partial charge in [-0.05, 0) is 55.3 Å². The summed E-state index contributed by atoms with van der Waals surface area (Å²) in [7, 11) is 0. The van der Waals surface area contributed by atoms with Crippen molar-refractivity contribution in [3.8, 4) is 5.75 Å². The van der Waals surface area contributed by atoms with Crippen LogP contribution >= 0.6 is 34.5 Å². The highest BCUT2D eigenvalue weighted by Gasteiger charge is 2.12. The highest BCUT2D eigenvalue weighted by molar-refractivity contribution is 7.09. The molecule has 2 amide bonds. The van der Waals surface area contributed by atoms with Gasteiger partial charge in [-0.1, -0.05) is 29.3 Å². The highest BCUT2D eigenvalue weighted by atomic mass is 35.5. The van der Waals surface area contributed by atoms with Crippen LogP contribution in [0.4, 0.5) is 0 Å². The van der Waals surface area contributed by atoms with Crippen LogP contribution in [0, 0.1) is 13.8 Å². The maximum Gasteiger partial charge on any atom is 0.270 e. The topological polar surface area (TPSA) is 80.3 Å². The molecule has 3 rings (SSSR count). The van der Waals surface area contributed by atoms with Crippen molar-refractivity contribution >= 4 is 46.4 Å². The van der Waals surface area contributed by atoms with Crippen molar-refractivity contribution in [1.29, 1.82) is 0 Å². The van der Waals surface area contributed by atoms with Gasteiger partial charge in [0.2, 0.25) is 0 Å². The molecule has 0 aliphatic rings. The van der Waals surface area contributed by atoms with Crippen molar-refractivity contribution in [3.63, 3.8) is 0 Å². The van der Waals surface area contributed by atoms with E-state index in [0.29, 0.717) is 32.9 Å². The van der Waals surface area contributed by atoms with E-state index in [9.17, 15) is 9.59 Å². The van der Waals surface area contributed by atoms with Gasteiger partial charge in [-0.15, -0.1) is 11.3 Å². The number of nitrogens with zero attached hydrogens (tertiary/aromatic N) is 1. The molecule has 0 unspecified atom stereocenters. The van der Waals surface area contributed by atoms with E-state index < -0.39 is 0 Å². The number of carbonyl (C=O) groups excluding carboxylic acids is 2. The molecular weight excluding hydrogens is 457 g/mol. The van der Waals surface area contributed by atoms with Gasteiger partial charge in [0.15, 0.2) is 0 Å². The van der Waals surface area contributed by atoms with Crippen LogP contribution in [0.1, 0.15) is 37.0 Å². The summed E-state index contributed by atoms with van der Waals surface area (Å²) < 4.78 is 5.78. The molecule has 9 heteroatoms. The summed E-state index contributed by atoms with van der Waals surface area (Å²) in [5, 5.41) is 8.58. The predicted molar refractivity (Wildman–Crippen MR) is 123 cm³/mol. The minimum atomic E-state index is -0.321. The Balaban J connectivity index is 1.43. The van der Waals surface area contributed by atoms with Crippen LogP contribution in [0.2, 0.25) is 10.0 Å². The van der Waals surface area contributed by atoms with Gasteiger partial charge in [-0.2, -0.15) is 0 Å². The maximum atomic E-state index is 12.3. The summed E-state index contributed by atoms with van der Waals surface area (Å²) >= 11 is 13.2. The van der Waals surface area contributed by atoms with Gasteiger partial charge in [-0.3, -0.25) is 9.59 Å². The summed E-state index contributed by atoms with van der Waals surface area (Å²) in [4.78, 5) is 28.7. The Kier molecular flexibility index (Phi) is 7.90. The minimum absolute atomic E-state index is 0.252. The van der Waals surface area contributed by atoms with Gasteiger partial charge in [0.1, 0.15) is 23.1 Å². The number of halogens is 2. The molecule has 2 aromatic carbocycles. The average Bonchev–Trinajstić information content (AvgIpc) is 3.17. The Morgan fingerprint density at radius 3 is 2.19 bits per heavy atom. The molecule has 162 valence electrons. The fourth-order valence-corrected chi connectivity index (χ4v) is 4.08. The van der Waals surface area contributed by atoms with E-state index in [-0.39, 0.29) is 24.9 Å². The van der Waals surface area contributed by atoms with Gasteiger partial charge in [0.25, 0.3) is 11.8 Å². The summed E-state index contributed by atoms with van der Waals surface area (Å²) in [6, 6.07) is 10.6. The normalized spacial score (nSPS) is 10.6. The van der Waals surface area contributed by atoms with Crippen LogP contribution in [-0.4, -0.2) is 29.9 Å². The van der Waals surface area contributed by atoms with Gasteiger partial charge >= 0.3 is 0 Å². The minimum Gasteiger partial charge on any atom is -0.486 e. The standard InChI is InChI=1S/C22H21Cl2N3O3S/c1-13-5-14(2)7-18(6-13)30-11-20-27-19(12-31-20)22(29)26-4-3-25-21(28)15-8-16(23)10-17(24)9-15/h5-10,12H,3-4,11H2,1-2H3,(H,25,28)(H,26,29). The number of aromatic nitrogens is 1. The van der Waals surface area contributed by atoms with Crippen LogP contribution in [-0.2, 0) is 6.61 Å². The van der Waals surface area contributed by atoms with E-state index in [0.717, 1.165) is 16.9 Å². The number of benzene rings is 2. The second-order valence-electron chi connectivity index (χ2n) is 6.91. The number of carbonyl (C=O) groups is 2. The summed E-state index contributed by atoms with van der Waals surface area (Å²) in [5.74, 6) is 0.141. The summed E-state index contributed by atoms with van der Waals surface area (Å²) in [5.41, 5.74) is 2.92. The second kappa shape index (κ2) is 10.6. The molecule has 6 nitrogen and oxygen atoms in total. The van der Waals surface area contributed by atoms with E-state index in [1.165, 1.54) is 23.5 Å². The average molecular weight is 478 g/mol. The number of hydrogen-bond acceptors (Lipinski definition) is 5. The van der Waals surface area contributed by atoms with Crippen LogP contribution in [0.5, 0.6) is 5.75 Å². The van der Waals surface area contributed by atoms with E-state index >= 15 is 0 Å². The van der Waals surface area contributed by atoms with E-state index in [1.54, 1.807) is 11.4 Å². The Labute approximate surface area is 194 Å². The van der Waals surface area contributed by atoms with Crippen molar-refractivity contribution in [2.75, 3.05) is 13.1 Å². The number of amides is 2.